The van der Waals surface area contributed by atoms with E-state index in [0.717, 1.165) is 55.9 Å². The zero-order valence-electron chi connectivity index (χ0n) is 28.3. The largest absolute Gasteiger partial charge is 0.309 e. The first-order valence-electron chi connectivity index (χ1n) is 16.7. The summed E-state index contributed by atoms with van der Waals surface area (Å²) in [6.45, 7) is 9.25. The van der Waals surface area contributed by atoms with Gasteiger partial charge in [-0.25, -0.2) is 18.7 Å². The molecule has 0 N–H and O–H groups in total. The van der Waals surface area contributed by atoms with Gasteiger partial charge in [-0.05, 0) is 78.7 Å². The molecule has 0 bridgehead atoms. The number of aromatic nitrogens is 3. The Morgan fingerprint density at radius 2 is 0.980 bits per heavy atom. The highest BCUT2D eigenvalue weighted by Gasteiger charge is 2.15. The van der Waals surface area contributed by atoms with E-state index in [9.17, 15) is 8.78 Å². The first kappa shape index (κ1) is 33.7. The Hall–Kier alpha value is -6.20. The van der Waals surface area contributed by atoms with Crippen LogP contribution in [-0.2, 0) is 0 Å². The maximum absolute atomic E-state index is 14.2. The minimum atomic E-state index is -0.350. The number of hydrogen-bond acceptors (Lipinski definition) is 2. The summed E-state index contributed by atoms with van der Waals surface area (Å²) in [5.74, 6) is -0.0272. The normalized spacial score (nSPS) is 10.6. The molecule has 6 aromatic carbocycles. The van der Waals surface area contributed by atoms with E-state index >= 15 is 0 Å². The van der Waals surface area contributed by atoms with Crippen LogP contribution in [0.15, 0.2) is 164 Å². The van der Waals surface area contributed by atoms with Gasteiger partial charge in [-0.15, -0.1) is 6.58 Å². The first-order chi connectivity index (χ1) is 24.5. The van der Waals surface area contributed by atoms with E-state index < -0.39 is 0 Å². The lowest BCUT2D eigenvalue weighted by Crippen LogP contribution is -1.96. The van der Waals surface area contributed by atoms with Crippen LogP contribution in [0.5, 0.6) is 0 Å². The minimum Gasteiger partial charge on any atom is -0.309 e. The molecule has 0 saturated heterocycles. The average molecular weight is 658 g/mol. The summed E-state index contributed by atoms with van der Waals surface area (Å²) < 4.78 is 30.4. The van der Waals surface area contributed by atoms with Gasteiger partial charge < -0.3 is 4.57 Å². The standard InChI is InChI=1S/C40H25F2N3.C3H6.C2H6/c41-31-16-20-38-34(23-31)35-24-32(42)17-21-39(35)45(38)33-18-14-26(15-19-33)29-12-7-13-30(22-29)37-25-36(27-8-3-1-4-9-27)43-40(44-37)28-10-5-2-6-11-28;1-3-2;1-2/h1-25H;3H,1H2,2H3;1-2H3. The molecule has 2 heterocycles. The fourth-order valence-electron chi connectivity index (χ4n) is 5.98. The van der Waals surface area contributed by atoms with Gasteiger partial charge in [0, 0.05) is 33.2 Å². The van der Waals surface area contributed by atoms with Crippen LogP contribution in [0.25, 0.3) is 72.5 Å². The Bertz CT molecular complexity index is 2260. The maximum atomic E-state index is 14.2. The number of halogens is 2. The van der Waals surface area contributed by atoms with Gasteiger partial charge in [-0.2, -0.15) is 0 Å². The van der Waals surface area contributed by atoms with Crippen molar-refractivity contribution in [3.63, 3.8) is 0 Å². The Labute approximate surface area is 291 Å². The molecular weight excluding hydrogens is 621 g/mol. The van der Waals surface area contributed by atoms with Crippen molar-refractivity contribution in [1.82, 2.24) is 14.5 Å². The van der Waals surface area contributed by atoms with Crippen molar-refractivity contribution in [3.8, 4) is 50.7 Å². The van der Waals surface area contributed by atoms with Gasteiger partial charge in [0.1, 0.15) is 11.6 Å². The summed E-state index contributed by atoms with van der Waals surface area (Å²) >= 11 is 0. The van der Waals surface area contributed by atoms with Crippen molar-refractivity contribution < 1.29 is 8.78 Å². The molecule has 0 aliphatic rings. The van der Waals surface area contributed by atoms with Crippen molar-refractivity contribution in [1.29, 1.82) is 0 Å². The molecule has 8 aromatic rings. The third-order valence-corrected chi connectivity index (χ3v) is 8.13. The van der Waals surface area contributed by atoms with Gasteiger partial charge in [-0.3, -0.25) is 0 Å². The molecule has 246 valence electrons. The molecule has 5 heteroatoms. The summed E-state index contributed by atoms with van der Waals surface area (Å²) in [7, 11) is 0. The van der Waals surface area contributed by atoms with E-state index in [1.807, 2.05) is 98.1 Å². The van der Waals surface area contributed by atoms with Crippen LogP contribution in [0.4, 0.5) is 8.78 Å². The molecule has 0 aliphatic carbocycles. The Morgan fingerprint density at radius 1 is 0.500 bits per heavy atom. The highest BCUT2D eigenvalue weighted by Crippen LogP contribution is 2.35. The molecule has 0 unspecified atom stereocenters. The summed E-state index contributed by atoms with van der Waals surface area (Å²) in [6.07, 6.45) is 1.75. The second kappa shape index (κ2) is 15.3. The third kappa shape index (κ3) is 6.99. The van der Waals surface area contributed by atoms with Gasteiger partial charge in [0.05, 0.1) is 22.4 Å². The van der Waals surface area contributed by atoms with E-state index in [1.54, 1.807) is 18.2 Å². The molecular formula is C45H37F2N3. The van der Waals surface area contributed by atoms with Gasteiger partial charge in [0.15, 0.2) is 5.82 Å². The SMILES string of the molecule is C=CC.CC.Fc1ccc2c(c1)c1cc(F)ccc1n2-c1ccc(-c2cccc(-c3cc(-c4ccccc4)nc(-c4ccccc4)n3)c2)cc1. The van der Waals surface area contributed by atoms with Crippen molar-refractivity contribution in [2.45, 2.75) is 20.8 Å². The number of nitrogens with zero attached hydrogens (tertiary/aromatic N) is 3. The zero-order chi connectivity index (χ0) is 35.0. The smallest absolute Gasteiger partial charge is 0.160 e. The Balaban J connectivity index is 0.000000822. The highest BCUT2D eigenvalue weighted by molar-refractivity contribution is 6.09. The van der Waals surface area contributed by atoms with Gasteiger partial charge in [-0.1, -0.05) is 111 Å². The van der Waals surface area contributed by atoms with Crippen LogP contribution >= 0.6 is 0 Å². The first-order valence-corrected chi connectivity index (χ1v) is 16.7. The predicted molar refractivity (Wildman–Crippen MR) is 205 cm³/mol. The molecule has 0 fully saturated rings. The fraction of sp³-hybridized carbons (Fsp3) is 0.0667. The molecule has 0 amide bonds. The number of benzene rings is 6. The van der Waals surface area contributed by atoms with E-state index in [0.29, 0.717) is 16.6 Å². The molecule has 0 atom stereocenters. The third-order valence-electron chi connectivity index (χ3n) is 8.13. The summed E-state index contributed by atoms with van der Waals surface area (Å²) in [5.41, 5.74) is 9.30. The Morgan fingerprint density at radius 3 is 1.54 bits per heavy atom. The van der Waals surface area contributed by atoms with Crippen LogP contribution in [0.3, 0.4) is 0 Å². The summed E-state index contributed by atoms with van der Waals surface area (Å²) in [6, 6.07) is 48.1. The van der Waals surface area contributed by atoms with E-state index in [-0.39, 0.29) is 11.6 Å². The average Bonchev–Trinajstić information content (AvgIpc) is 3.49. The van der Waals surface area contributed by atoms with Crippen molar-refractivity contribution in [2.75, 3.05) is 0 Å². The molecule has 50 heavy (non-hydrogen) atoms. The lowest BCUT2D eigenvalue weighted by atomic mass is 10.0. The van der Waals surface area contributed by atoms with Crippen LogP contribution in [0.1, 0.15) is 20.8 Å². The monoisotopic (exact) mass is 657 g/mol. The number of rotatable bonds is 5. The molecule has 0 saturated carbocycles. The van der Waals surface area contributed by atoms with E-state index in [4.69, 9.17) is 9.97 Å². The van der Waals surface area contributed by atoms with Crippen LogP contribution in [0.2, 0.25) is 0 Å². The second-order valence-electron chi connectivity index (χ2n) is 11.4. The number of hydrogen-bond donors (Lipinski definition) is 0. The quantitative estimate of drug-likeness (QED) is 0.172. The molecule has 3 nitrogen and oxygen atoms in total. The van der Waals surface area contributed by atoms with E-state index in [2.05, 4.69) is 49.0 Å². The summed E-state index contributed by atoms with van der Waals surface area (Å²) in [5, 5.41) is 1.35. The topological polar surface area (TPSA) is 30.7 Å². The summed E-state index contributed by atoms with van der Waals surface area (Å²) in [4.78, 5) is 9.90. The zero-order valence-corrected chi connectivity index (χ0v) is 28.3. The molecule has 0 aliphatic heterocycles. The van der Waals surface area contributed by atoms with Gasteiger partial charge in [0.25, 0.3) is 0 Å². The lowest BCUT2D eigenvalue weighted by Gasteiger charge is -2.12. The highest BCUT2D eigenvalue weighted by atomic mass is 19.1. The van der Waals surface area contributed by atoms with Gasteiger partial charge in [0.2, 0.25) is 0 Å². The lowest BCUT2D eigenvalue weighted by molar-refractivity contribution is 0.628. The predicted octanol–water partition coefficient (Wildman–Crippen LogP) is 12.7. The maximum Gasteiger partial charge on any atom is 0.160 e. The molecule has 0 spiro atoms. The minimum absolute atomic E-state index is 0.350. The van der Waals surface area contributed by atoms with Crippen LogP contribution < -0.4 is 0 Å². The molecule has 0 radical (unpaired) electrons. The van der Waals surface area contributed by atoms with Crippen molar-refractivity contribution in [3.05, 3.63) is 176 Å². The van der Waals surface area contributed by atoms with Crippen molar-refractivity contribution >= 4 is 21.8 Å². The van der Waals surface area contributed by atoms with Gasteiger partial charge >= 0.3 is 0 Å². The van der Waals surface area contributed by atoms with E-state index in [1.165, 1.54) is 24.3 Å². The fourth-order valence-corrected chi connectivity index (χ4v) is 5.98. The molecule has 2 aromatic heterocycles. The number of allylic oxidation sites excluding steroid dienone is 1. The second-order valence-corrected chi connectivity index (χ2v) is 11.4. The molecule has 8 rings (SSSR count). The van der Waals surface area contributed by atoms with Crippen molar-refractivity contribution in [2.24, 2.45) is 0 Å². The Kier molecular flexibility index (Phi) is 10.3. The van der Waals surface area contributed by atoms with Crippen LogP contribution in [0, 0.1) is 11.6 Å². The number of fused-ring (bicyclic) bond motifs is 3. The van der Waals surface area contributed by atoms with Crippen LogP contribution in [-0.4, -0.2) is 14.5 Å².